The number of amides is 2. The van der Waals surface area contributed by atoms with Crippen molar-refractivity contribution in [1.82, 2.24) is 5.32 Å². The van der Waals surface area contributed by atoms with Gasteiger partial charge in [0.2, 0.25) is 0 Å². The lowest BCUT2D eigenvalue weighted by atomic mass is 9.81. The third-order valence-electron chi connectivity index (χ3n) is 6.59. The van der Waals surface area contributed by atoms with Crippen LogP contribution in [0.3, 0.4) is 0 Å². The number of para-hydroxylation sites is 1. The van der Waals surface area contributed by atoms with Gasteiger partial charge in [-0.15, -0.1) is 0 Å². The minimum absolute atomic E-state index is 0.0824. The van der Waals surface area contributed by atoms with Crippen LogP contribution in [-0.2, 0) is 6.54 Å². The number of piperidine rings is 2. The minimum Gasteiger partial charge on any atom is -0.497 e. The second-order valence-electron chi connectivity index (χ2n) is 8.51. The summed E-state index contributed by atoms with van der Waals surface area (Å²) >= 11 is 0. The van der Waals surface area contributed by atoms with Crippen LogP contribution in [0.25, 0.3) is 0 Å². The number of urea groups is 1. The molecule has 2 fully saturated rings. The molecule has 2 bridgehead atoms. The first-order valence-electron chi connectivity index (χ1n) is 10.7. The molecule has 5 nitrogen and oxygen atoms in total. The number of methoxy groups -OCH3 is 1. The molecule has 2 heterocycles. The van der Waals surface area contributed by atoms with Crippen molar-refractivity contribution in [3.63, 3.8) is 0 Å². The normalized spacial score (nSPS) is 25.9. The molecule has 154 valence electrons. The third kappa shape index (κ3) is 4.73. The molecule has 0 spiro atoms. The lowest BCUT2D eigenvalue weighted by Gasteiger charge is -2.46. The van der Waals surface area contributed by atoms with Gasteiger partial charge in [0.15, 0.2) is 0 Å². The summed E-state index contributed by atoms with van der Waals surface area (Å²) < 4.78 is 5.28. The highest BCUT2D eigenvalue weighted by Gasteiger charge is 2.42. The van der Waals surface area contributed by atoms with Crippen LogP contribution in [0.1, 0.15) is 43.2 Å². The number of carbonyl (C=O) groups excluding carboxylic acids is 1. The second kappa shape index (κ2) is 8.87. The fourth-order valence-electron chi connectivity index (χ4n) is 5.08. The lowest BCUT2D eigenvalue weighted by Crippen LogP contribution is -3.20. The topological polar surface area (TPSA) is 54.8 Å². The number of ether oxygens (including phenoxy) is 1. The predicted molar refractivity (Wildman–Crippen MR) is 115 cm³/mol. The standard InChI is InChI=1S/C24H31N3O2/c1-17-6-3-4-9-23(17)26-24(28)25-19-14-20-7-5-8-21(15-19)27(20)16-18-10-12-22(29-2)13-11-18/h3-4,6,9-13,19-21H,5,7-8,14-16H2,1-2H3,(H2,25,26,28)/p+1/t19?,20-,21+. The first kappa shape index (κ1) is 19.8. The molecule has 2 aliphatic heterocycles. The fourth-order valence-corrected chi connectivity index (χ4v) is 5.08. The fraction of sp³-hybridized carbons (Fsp3) is 0.458. The Labute approximate surface area is 173 Å². The predicted octanol–water partition coefficient (Wildman–Crippen LogP) is 3.29. The quantitative estimate of drug-likeness (QED) is 0.729. The molecular formula is C24H32N3O2+. The van der Waals surface area contributed by atoms with Gasteiger partial charge in [-0.05, 0) is 62.1 Å². The van der Waals surface area contributed by atoms with Crippen molar-refractivity contribution in [2.75, 3.05) is 12.4 Å². The second-order valence-corrected chi connectivity index (χ2v) is 8.51. The van der Waals surface area contributed by atoms with Crippen LogP contribution < -0.4 is 20.3 Å². The smallest absolute Gasteiger partial charge is 0.319 e. The maximum Gasteiger partial charge on any atom is 0.319 e. The van der Waals surface area contributed by atoms with E-state index in [9.17, 15) is 4.79 Å². The number of aryl methyl sites for hydroxylation is 1. The van der Waals surface area contributed by atoms with Gasteiger partial charge in [0, 0.05) is 30.1 Å². The van der Waals surface area contributed by atoms with Gasteiger partial charge < -0.3 is 20.3 Å². The molecule has 0 aliphatic carbocycles. The molecule has 0 saturated carbocycles. The molecule has 2 aromatic rings. The average molecular weight is 395 g/mol. The Balaban J connectivity index is 1.36. The summed E-state index contributed by atoms with van der Waals surface area (Å²) in [6, 6.07) is 17.8. The van der Waals surface area contributed by atoms with Crippen molar-refractivity contribution in [2.24, 2.45) is 0 Å². The summed E-state index contributed by atoms with van der Waals surface area (Å²) in [6.07, 6.45) is 5.93. The van der Waals surface area contributed by atoms with E-state index >= 15 is 0 Å². The molecule has 29 heavy (non-hydrogen) atoms. The molecular weight excluding hydrogens is 362 g/mol. The number of hydrogen-bond donors (Lipinski definition) is 3. The molecule has 4 rings (SSSR count). The van der Waals surface area contributed by atoms with E-state index in [4.69, 9.17) is 4.74 Å². The zero-order chi connectivity index (χ0) is 20.2. The van der Waals surface area contributed by atoms with Gasteiger partial charge in [-0.2, -0.15) is 0 Å². The van der Waals surface area contributed by atoms with Crippen molar-refractivity contribution in [3.05, 3.63) is 59.7 Å². The van der Waals surface area contributed by atoms with Crippen LogP contribution in [-0.4, -0.2) is 31.3 Å². The van der Waals surface area contributed by atoms with E-state index in [1.54, 1.807) is 12.0 Å². The Morgan fingerprint density at radius 2 is 1.76 bits per heavy atom. The SMILES string of the molecule is COc1ccc(C[NH+]2[C@@H]3CCC[C@H]2CC(NC(=O)Nc2ccccc2C)C3)cc1. The van der Waals surface area contributed by atoms with E-state index in [1.165, 1.54) is 24.8 Å². The molecule has 2 unspecified atom stereocenters. The summed E-state index contributed by atoms with van der Waals surface area (Å²) in [7, 11) is 1.71. The molecule has 2 aliphatic rings. The van der Waals surface area contributed by atoms with E-state index in [0.29, 0.717) is 12.1 Å². The van der Waals surface area contributed by atoms with Gasteiger partial charge in [-0.25, -0.2) is 4.79 Å². The van der Waals surface area contributed by atoms with Crippen molar-refractivity contribution < 1.29 is 14.4 Å². The summed E-state index contributed by atoms with van der Waals surface area (Å²) in [5.74, 6) is 0.909. The largest absolute Gasteiger partial charge is 0.497 e. The lowest BCUT2D eigenvalue weighted by molar-refractivity contribution is -0.973. The number of rotatable bonds is 5. The Hall–Kier alpha value is -2.53. The van der Waals surface area contributed by atoms with Crippen molar-refractivity contribution in [3.8, 4) is 5.75 Å². The van der Waals surface area contributed by atoms with Gasteiger partial charge >= 0.3 is 6.03 Å². The number of hydrogen-bond acceptors (Lipinski definition) is 2. The van der Waals surface area contributed by atoms with Crippen LogP contribution in [0, 0.1) is 6.92 Å². The molecule has 2 saturated heterocycles. The van der Waals surface area contributed by atoms with Crippen LogP contribution in [0.5, 0.6) is 5.75 Å². The first-order chi connectivity index (χ1) is 14.1. The highest BCUT2D eigenvalue weighted by molar-refractivity contribution is 5.90. The first-order valence-corrected chi connectivity index (χ1v) is 10.7. The van der Waals surface area contributed by atoms with Crippen molar-refractivity contribution >= 4 is 11.7 Å². The van der Waals surface area contributed by atoms with Gasteiger partial charge in [0.05, 0.1) is 19.2 Å². The molecule has 5 heteroatoms. The minimum atomic E-state index is -0.0824. The van der Waals surface area contributed by atoms with E-state index in [1.807, 2.05) is 31.2 Å². The van der Waals surface area contributed by atoms with E-state index in [-0.39, 0.29) is 12.1 Å². The molecule has 0 radical (unpaired) electrons. The summed E-state index contributed by atoms with van der Waals surface area (Å²) in [5.41, 5.74) is 3.33. The van der Waals surface area contributed by atoms with Gasteiger partial charge in [-0.3, -0.25) is 0 Å². The van der Waals surface area contributed by atoms with E-state index in [0.717, 1.165) is 36.4 Å². The maximum absolute atomic E-state index is 12.5. The monoisotopic (exact) mass is 394 g/mol. The number of quaternary nitrogens is 1. The van der Waals surface area contributed by atoms with Crippen LogP contribution in [0.2, 0.25) is 0 Å². The van der Waals surface area contributed by atoms with E-state index in [2.05, 4.69) is 34.9 Å². The number of benzene rings is 2. The number of carbonyl (C=O) groups is 1. The Kier molecular flexibility index (Phi) is 6.05. The molecule has 4 atom stereocenters. The zero-order valence-electron chi connectivity index (χ0n) is 17.4. The molecule has 2 aromatic carbocycles. The van der Waals surface area contributed by atoms with Gasteiger partial charge in [-0.1, -0.05) is 18.2 Å². The summed E-state index contributed by atoms with van der Waals surface area (Å²) in [5, 5.41) is 6.26. The highest BCUT2D eigenvalue weighted by atomic mass is 16.5. The Morgan fingerprint density at radius 3 is 2.41 bits per heavy atom. The van der Waals surface area contributed by atoms with Crippen molar-refractivity contribution in [1.29, 1.82) is 0 Å². The van der Waals surface area contributed by atoms with E-state index < -0.39 is 0 Å². The van der Waals surface area contributed by atoms with Crippen LogP contribution in [0.4, 0.5) is 10.5 Å². The Morgan fingerprint density at radius 1 is 1.07 bits per heavy atom. The summed E-state index contributed by atoms with van der Waals surface area (Å²) in [4.78, 5) is 14.2. The average Bonchev–Trinajstić information content (AvgIpc) is 2.71. The molecule has 2 amide bonds. The number of anilines is 1. The molecule has 3 N–H and O–H groups in total. The highest BCUT2D eigenvalue weighted by Crippen LogP contribution is 2.23. The summed E-state index contributed by atoms with van der Waals surface area (Å²) in [6.45, 7) is 3.07. The Bertz CT molecular complexity index is 822. The number of nitrogens with one attached hydrogen (secondary N) is 3. The molecule has 0 aromatic heterocycles. The maximum atomic E-state index is 12.5. The third-order valence-corrected chi connectivity index (χ3v) is 6.59. The number of fused-ring (bicyclic) bond motifs is 2. The zero-order valence-corrected chi connectivity index (χ0v) is 17.4. The van der Waals surface area contributed by atoms with Crippen molar-refractivity contribution in [2.45, 2.75) is 63.7 Å². The van der Waals surface area contributed by atoms with Gasteiger partial charge in [0.25, 0.3) is 0 Å². The van der Waals surface area contributed by atoms with Crippen LogP contribution in [0.15, 0.2) is 48.5 Å². The van der Waals surface area contributed by atoms with Crippen LogP contribution >= 0.6 is 0 Å². The van der Waals surface area contributed by atoms with Gasteiger partial charge in [0.1, 0.15) is 12.3 Å².